The fourth-order valence-corrected chi connectivity index (χ4v) is 3.09. The van der Waals surface area contributed by atoms with Crippen LogP contribution in [0.1, 0.15) is 19.7 Å². The van der Waals surface area contributed by atoms with Gasteiger partial charge in [-0.3, -0.25) is 9.80 Å². The third-order valence-electron chi connectivity index (χ3n) is 4.49. The van der Waals surface area contributed by atoms with E-state index in [2.05, 4.69) is 26.9 Å². The Hall–Kier alpha value is -1.83. The summed E-state index contributed by atoms with van der Waals surface area (Å²) < 4.78 is 24.2. The molecule has 1 atom stereocenters. The monoisotopic (exact) mass is 348 g/mol. The molecule has 1 saturated heterocycles. The second-order valence-electron chi connectivity index (χ2n) is 6.32. The lowest BCUT2D eigenvalue weighted by atomic mass is 10.2. The lowest BCUT2D eigenvalue weighted by Crippen LogP contribution is -2.52. The molecule has 6 nitrogen and oxygen atoms in total. The van der Waals surface area contributed by atoms with E-state index in [1.165, 1.54) is 12.1 Å². The van der Waals surface area contributed by atoms with Crippen LogP contribution < -0.4 is 0 Å². The molecule has 25 heavy (non-hydrogen) atoms. The van der Waals surface area contributed by atoms with E-state index < -0.39 is 0 Å². The average molecular weight is 348 g/mol. The Morgan fingerprint density at radius 2 is 2.04 bits per heavy atom. The van der Waals surface area contributed by atoms with E-state index in [4.69, 9.17) is 9.15 Å². The summed E-state index contributed by atoms with van der Waals surface area (Å²) in [6.07, 6.45) is 0. The number of ether oxygens (including phenoxy) is 1. The molecule has 1 aliphatic rings. The maximum Gasteiger partial charge on any atom is 0.247 e. The van der Waals surface area contributed by atoms with Crippen molar-refractivity contribution in [1.82, 2.24) is 20.0 Å². The molecule has 1 aromatic heterocycles. The van der Waals surface area contributed by atoms with E-state index >= 15 is 0 Å². The van der Waals surface area contributed by atoms with Crippen LogP contribution in [0.5, 0.6) is 0 Å². The molecule has 1 aromatic carbocycles. The van der Waals surface area contributed by atoms with E-state index in [1.807, 2.05) is 6.92 Å². The Kier molecular flexibility index (Phi) is 6.12. The molecule has 3 rings (SSSR count). The predicted molar refractivity (Wildman–Crippen MR) is 92.5 cm³/mol. The molecule has 0 spiro atoms. The fraction of sp³-hybridized carbons (Fsp3) is 0.556. The lowest BCUT2D eigenvalue weighted by molar-refractivity contribution is 0.0437. The first kappa shape index (κ1) is 18.0. The number of hydrogen-bond acceptors (Lipinski definition) is 6. The number of aromatic nitrogens is 2. The molecule has 0 N–H and O–H groups in total. The van der Waals surface area contributed by atoms with Crippen LogP contribution in [0.3, 0.4) is 0 Å². The summed E-state index contributed by atoms with van der Waals surface area (Å²) in [6.45, 7) is 10.3. The van der Waals surface area contributed by atoms with Crippen molar-refractivity contribution in [3.63, 3.8) is 0 Å². The Bertz CT molecular complexity index is 661. The van der Waals surface area contributed by atoms with Gasteiger partial charge in [-0.15, -0.1) is 10.2 Å². The van der Waals surface area contributed by atoms with Crippen LogP contribution in [-0.2, 0) is 11.3 Å². The van der Waals surface area contributed by atoms with Crippen LogP contribution in [-0.4, -0.2) is 65.4 Å². The van der Waals surface area contributed by atoms with Crippen molar-refractivity contribution in [2.45, 2.75) is 26.4 Å². The minimum atomic E-state index is -0.278. The van der Waals surface area contributed by atoms with Crippen molar-refractivity contribution in [1.29, 1.82) is 0 Å². The van der Waals surface area contributed by atoms with Crippen LogP contribution in [0.4, 0.5) is 4.39 Å². The lowest BCUT2D eigenvalue weighted by Gasteiger charge is -2.39. The highest BCUT2D eigenvalue weighted by Crippen LogP contribution is 2.19. The summed E-state index contributed by atoms with van der Waals surface area (Å²) in [5.74, 6) is 0.743. The van der Waals surface area contributed by atoms with Crippen molar-refractivity contribution in [3.8, 4) is 11.5 Å². The molecular weight excluding hydrogens is 323 g/mol. The van der Waals surface area contributed by atoms with Gasteiger partial charge in [0.05, 0.1) is 13.2 Å². The van der Waals surface area contributed by atoms with Crippen molar-refractivity contribution < 1.29 is 13.5 Å². The zero-order chi connectivity index (χ0) is 17.6. The van der Waals surface area contributed by atoms with Crippen molar-refractivity contribution in [3.05, 3.63) is 36.0 Å². The Balaban J connectivity index is 1.53. The average Bonchev–Trinajstić information content (AvgIpc) is 3.06. The first-order chi connectivity index (χ1) is 12.2. The SMILES string of the molecule is CCOCCN1CCN(Cc2nnc(-c3ccc(F)cc3)o2)C[C@@H]1C. The third-order valence-corrected chi connectivity index (χ3v) is 4.49. The zero-order valence-electron chi connectivity index (χ0n) is 14.8. The van der Waals surface area contributed by atoms with Gasteiger partial charge in [-0.05, 0) is 38.1 Å². The van der Waals surface area contributed by atoms with Crippen molar-refractivity contribution in [2.75, 3.05) is 39.4 Å². The van der Waals surface area contributed by atoms with Gasteiger partial charge >= 0.3 is 0 Å². The molecule has 1 fully saturated rings. The summed E-state index contributed by atoms with van der Waals surface area (Å²) in [6, 6.07) is 6.54. The molecule has 1 aliphatic heterocycles. The molecule has 0 radical (unpaired) electrons. The minimum Gasteiger partial charge on any atom is -0.419 e. The quantitative estimate of drug-likeness (QED) is 0.717. The molecular formula is C18H25FN4O2. The van der Waals surface area contributed by atoms with Gasteiger partial charge in [0.2, 0.25) is 11.8 Å². The molecule has 2 heterocycles. The molecule has 0 bridgehead atoms. The van der Waals surface area contributed by atoms with Gasteiger partial charge in [0.25, 0.3) is 0 Å². The Morgan fingerprint density at radius 3 is 2.76 bits per heavy atom. The minimum absolute atomic E-state index is 0.278. The summed E-state index contributed by atoms with van der Waals surface area (Å²) in [5.41, 5.74) is 0.731. The zero-order valence-corrected chi connectivity index (χ0v) is 14.8. The second kappa shape index (κ2) is 8.51. The largest absolute Gasteiger partial charge is 0.419 e. The third kappa shape index (κ3) is 4.84. The van der Waals surface area contributed by atoms with Gasteiger partial charge in [0.1, 0.15) is 5.82 Å². The van der Waals surface area contributed by atoms with Gasteiger partial charge in [0, 0.05) is 44.4 Å². The normalized spacial score (nSPS) is 19.4. The molecule has 0 aliphatic carbocycles. The number of hydrogen-bond donors (Lipinski definition) is 0. The number of rotatable bonds is 7. The van der Waals surface area contributed by atoms with Crippen molar-refractivity contribution >= 4 is 0 Å². The highest BCUT2D eigenvalue weighted by Gasteiger charge is 2.24. The van der Waals surface area contributed by atoms with Gasteiger partial charge in [-0.25, -0.2) is 4.39 Å². The van der Waals surface area contributed by atoms with Crippen LogP contribution >= 0.6 is 0 Å². The maximum atomic E-state index is 13.0. The second-order valence-corrected chi connectivity index (χ2v) is 6.32. The van der Waals surface area contributed by atoms with Crippen LogP contribution in [0.2, 0.25) is 0 Å². The molecule has 7 heteroatoms. The molecule has 0 unspecified atom stereocenters. The molecule has 136 valence electrons. The molecule has 0 saturated carbocycles. The number of halogens is 1. The van der Waals surface area contributed by atoms with Gasteiger partial charge in [0.15, 0.2) is 0 Å². The summed E-state index contributed by atoms with van der Waals surface area (Å²) in [4.78, 5) is 4.77. The smallest absolute Gasteiger partial charge is 0.247 e. The van der Waals surface area contributed by atoms with Crippen LogP contribution in [0.15, 0.2) is 28.7 Å². The van der Waals surface area contributed by atoms with Gasteiger partial charge in [-0.2, -0.15) is 0 Å². The first-order valence-electron chi connectivity index (χ1n) is 8.78. The van der Waals surface area contributed by atoms with Crippen LogP contribution in [0.25, 0.3) is 11.5 Å². The number of benzene rings is 1. The summed E-state index contributed by atoms with van der Waals surface area (Å²) in [5, 5.41) is 8.20. The fourth-order valence-electron chi connectivity index (χ4n) is 3.09. The predicted octanol–water partition coefficient (Wildman–Crippen LogP) is 2.42. The van der Waals surface area contributed by atoms with Gasteiger partial charge in [-0.1, -0.05) is 0 Å². The number of piperazine rings is 1. The topological polar surface area (TPSA) is 54.6 Å². The highest BCUT2D eigenvalue weighted by atomic mass is 19.1. The molecule has 2 aromatic rings. The van der Waals surface area contributed by atoms with E-state index in [0.29, 0.717) is 24.4 Å². The highest BCUT2D eigenvalue weighted by molar-refractivity contribution is 5.51. The summed E-state index contributed by atoms with van der Waals surface area (Å²) in [7, 11) is 0. The van der Waals surface area contributed by atoms with E-state index in [0.717, 1.165) is 45.0 Å². The first-order valence-corrected chi connectivity index (χ1v) is 8.78. The van der Waals surface area contributed by atoms with E-state index in [9.17, 15) is 4.39 Å². The Morgan fingerprint density at radius 1 is 1.24 bits per heavy atom. The Labute approximate surface area is 147 Å². The van der Waals surface area contributed by atoms with E-state index in [1.54, 1.807) is 12.1 Å². The standard InChI is InChI=1S/C18H25FN4O2/c1-3-24-11-10-23-9-8-22(12-14(23)2)13-17-20-21-18(25-17)15-4-6-16(19)7-5-15/h4-7,14H,3,8-13H2,1-2H3/t14-/m0/s1. The van der Waals surface area contributed by atoms with Crippen molar-refractivity contribution in [2.24, 2.45) is 0 Å². The van der Waals surface area contributed by atoms with Crippen LogP contribution in [0, 0.1) is 5.82 Å². The number of nitrogens with zero attached hydrogens (tertiary/aromatic N) is 4. The van der Waals surface area contributed by atoms with Gasteiger partial charge < -0.3 is 9.15 Å². The van der Waals surface area contributed by atoms with E-state index in [-0.39, 0.29) is 5.82 Å². The summed E-state index contributed by atoms with van der Waals surface area (Å²) >= 11 is 0. The maximum absolute atomic E-state index is 13.0. The molecule has 0 amide bonds.